The maximum absolute atomic E-state index is 12.6. The number of hydrogen-bond acceptors (Lipinski definition) is 6. The molecule has 45 heavy (non-hydrogen) atoms. The second kappa shape index (κ2) is 14.4. The van der Waals surface area contributed by atoms with Crippen molar-refractivity contribution in [3.63, 3.8) is 0 Å². The second-order valence-electron chi connectivity index (χ2n) is 14.3. The Hall–Kier alpha value is -2.70. The van der Waals surface area contributed by atoms with Gasteiger partial charge in [0.25, 0.3) is 8.32 Å². The van der Waals surface area contributed by atoms with Crippen LogP contribution < -0.4 is 15.1 Å². The Labute approximate surface area is 276 Å². The topological polar surface area (TPSA) is 65.1 Å². The summed E-state index contributed by atoms with van der Waals surface area (Å²) in [6.07, 6.45) is 0. The molecule has 6 nitrogen and oxygen atoms in total. The van der Waals surface area contributed by atoms with Crippen LogP contribution in [-0.4, -0.2) is 64.1 Å². The Kier molecular flexibility index (Phi) is 11.2. The zero-order valence-corrected chi connectivity index (χ0v) is 30.9. The van der Waals surface area contributed by atoms with E-state index < -0.39 is 16.6 Å². The molecule has 3 aromatic rings. The lowest BCUT2D eigenvalue weighted by Gasteiger charge is -2.43. The van der Waals surface area contributed by atoms with E-state index in [-0.39, 0.29) is 33.0 Å². The number of thioether (sulfide) groups is 1. The lowest BCUT2D eigenvalue weighted by atomic mass is 10.2. The van der Waals surface area contributed by atoms with Crippen LogP contribution >= 0.6 is 11.8 Å². The third-order valence-corrected chi connectivity index (χ3v) is 19.6. The molecule has 0 aromatic heterocycles. The van der Waals surface area contributed by atoms with E-state index in [1.165, 1.54) is 10.4 Å². The molecule has 1 heterocycles. The maximum atomic E-state index is 12.6. The minimum absolute atomic E-state index is 0.00239. The van der Waals surface area contributed by atoms with Crippen LogP contribution in [-0.2, 0) is 25.0 Å². The smallest absolute Gasteiger partial charge is 0.261 e. The molecule has 3 aromatic carbocycles. The lowest BCUT2D eigenvalue weighted by molar-refractivity contribution is -0.139. The zero-order valence-electron chi connectivity index (χ0n) is 28.1. The average Bonchev–Trinajstić information content (AvgIpc) is 2.99. The molecule has 1 amide bonds. The van der Waals surface area contributed by atoms with E-state index in [0.717, 1.165) is 17.3 Å². The first-order valence-electron chi connectivity index (χ1n) is 15.7. The molecule has 1 aliphatic rings. The SMILES string of the molecule is CC(C)(C)[Si](C)(C)OCCN1C[C@H](SC(=O)COc2ccc(CO[Si](c3ccccc3)(c3ccccc3)C(C)(C)C)cc2)C1=O. The molecule has 1 fully saturated rings. The number of carbonyl (C=O) groups is 2. The minimum atomic E-state index is -2.64. The van der Waals surface area contributed by atoms with Gasteiger partial charge in [0, 0.05) is 13.1 Å². The minimum Gasteiger partial charge on any atom is -0.485 e. The molecule has 1 saturated heterocycles. The van der Waals surface area contributed by atoms with E-state index in [1.807, 2.05) is 36.4 Å². The fourth-order valence-corrected chi connectivity index (χ4v) is 11.9. The van der Waals surface area contributed by atoms with Gasteiger partial charge in [-0.05, 0) is 51.2 Å². The van der Waals surface area contributed by atoms with E-state index in [9.17, 15) is 9.59 Å². The summed E-state index contributed by atoms with van der Waals surface area (Å²) in [7, 11) is -4.48. The molecule has 0 N–H and O–H groups in total. The van der Waals surface area contributed by atoms with Crippen molar-refractivity contribution >= 4 is 49.8 Å². The molecule has 1 aliphatic heterocycles. The second-order valence-corrected chi connectivity index (χ2v) is 24.6. The summed E-state index contributed by atoms with van der Waals surface area (Å²) in [5, 5.41) is 2.03. The van der Waals surface area contributed by atoms with E-state index in [1.54, 1.807) is 4.90 Å². The number of rotatable bonds is 13. The van der Waals surface area contributed by atoms with E-state index in [4.69, 9.17) is 13.6 Å². The highest BCUT2D eigenvalue weighted by molar-refractivity contribution is 8.14. The van der Waals surface area contributed by atoms with Gasteiger partial charge in [-0.25, -0.2) is 0 Å². The van der Waals surface area contributed by atoms with Crippen molar-refractivity contribution in [3.8, 4) is 5.75 Å². The largest absolute Gasteiger partial charge is 0.485 e. The van der Waals surface area contributed by atoms with Gasteiger partial charge in [-0.15, -0.1) is 0 Å². The van der Waals surface area contributed by atoms with Gasteiger partial charge in [0.2, 0.25) is 11.0 Å². The third-order valence-electron chi connectivity index (χ3n) is 9.03. The van der Waals surface area contributed by atoms with Crippen molar-refractivity contribution in [2.24, 2.45) is 0 Å². The van der Waals surface area contributed by atoms with Crippen LogP contribution in [0, 0.1) is 0 Å². The number of benzene rings is 3. The van der Waals surface area contributed by atoms with Gasteiger partial charge in [0.1, 0.15) is 11.0 Å². The number of nitrogens with zero attached hydrogens (tertiary/aromatic N) is 1. The van der Waals surface area contributed by atoms with Crippen LogP contribution in [0.4, 0.5) is 0 Å². The highest BCUT2D eigenvalue weighted by Gasteiger charge is 2.50. The number of ether oxygens (including phenoxy) is 1. The summed E-state index contributed by atoms with van der Waals surface area (Å²) in [6, 6.07) is 28.9. The van der Waals surface area contributed by atoms with Crippen molar-refractivity contribution in [1.29, 1.82) is 0 Å². The maximum Gasteiger partial charge on any atom is 0.261 e. The summed E-state index contributed by atoms with van der Waals surface area (Å²) in [5.41, 5.74) is 1.04. The van der Waals surface area contributed by atoms with Gasteiger partial charge in [0.15, 0.2) is 14.9 Å². The van der Waals surface area contributed by atoms with Gasteiger partial charge >= 0.3 is 0 Å². The Morgan fingerprint density at radius 2 is 1.38 bits per heavy atom. The van der Waals surface area contributed by atoms with Crippen molar-refractivity contribution in [3.05, 3.63) is 90.5 Å². The molecule has 4 rings (SSSR count). The quantitative estimate of drug-likeness (QED) is 0.151. The molecule has 0 spiro atoms. The Morgan fingerprint density at radius 1 is 0.822 bits per heavy atom. The highest BCUT2D eigenvalue weighted by atomic mass is 32.2. The highest BCUT2D eigenvalue weighted by Crippen LogP contribution is 2.38. The molecule has 0 radical (unpaired) electrons. The normalized spacial score (nSPS) is 16.0. The Bertz CT molecular complexity index is 1380. The first kappa shape index (κ1) is 35.2. The third kappa shape index (κ3) is 8.37. The molecule has 242 valence electrons. The molecule has 0 bridgehead atoms. The number of likely N-dealkylation sites (tertiary alicyclic amines) is 1. The van der Waals surface area contributed by atoms with Gasteiger partial charge < -0.3 is 18.5 Å². The summed E-state index contributed by atoms with van der Waals surface area (Å²) in [5.74, 6) is 0.611. The Morgan fingerprint density at radius 3 is 1.87 bits per heavy atom. The van der Waals surface area contributed by atoms with Gasteiger partial charge in [-0.3, -0.25) is 9.59 Å². The van der Waals surface area contributed by atoms with Crippen molar-refractivity contribution < 1.29 is 23.2 Å². The monoisotopic (exact) mass is 663 g/mol. The van der Waals surface area contributed by atoms with Gasteiger partial charge in [-0.1, -0.05) is 126 Å². The summed E-state index contributed by atoms with van der Waals surface area (Å²) >= 11 is 1.07. The van der Waals surface area contributed by atoms with Crippen LogP contribution in [0.2, 0.25) is 23.2 Å². The van der Waals surface area contributed by atoms with Crippen molar-refractivity contribution in [2.75, 3.05) is 26.3 Å². The average molecular weight is 664 g/mol. The summed E-state index contributed by atoms with van der Waals surface area (Å²) < 4.78 is 19.0. The molecular weight excluding hydrogens is 615 g/mol. The molecule has 0 saturated carbocycles. The fraction of sp³-hybridized carbons (Fsp3) is 0.444. The predicted molar refractivity (Wildman–Crippen MR) is 190 cm³/mol. The van der Waals surface area contributed by atoms with Crippen molar-refractivity contribution in [2.45, 2.75) is 76.6 Å². The van der Waals surface area contributed by atoms with Gasteiger partial charge in [0.05, 0.1) is 13.2 Å². The summed E-state index contributed by atoms with van der Waals surface area (Å²) in [4.78, 5) is 27.0. The lowest BCUT2D eigenvalue weighted by Crippen LogP contribution is -2.66. The molecule has 0 unspecified atom stereocenters. The number of hydrogen-bond donors (Lipinski definition) is 0. The number of carbonyl (C=O) groups excluding carboxylic acids is 2. The first-order chi connectivity index (χ1) is 21.1. The van der Waals surface area contributed by atoms with Gasteiger partial charge in [-0.2, -0.15) is 0 Å². The van der Waals surface area contributed by atoms with Crippen LogP contribution in [0.3, 0.4) is 0 Å². The van der Waals surface area contributed by atoms with E-state index >= 15 is 0 Å². The summed E-state index contributed by atoms with van der Waals surface area (Å²) in [6.45, 7) is 19.9. The molecule has 0 aliphatic carbocycles. The number of β-lactam (4-membered cyclic amide) rings is 1. The van der Waals surface area contributed by atoms with E-state index in [2.05, 4.69) is 103 Å². The van der Waals surface area contributed by atoms with Crippen LogP contribution in [0.5, 0.6) is 5.75 Å². The van der Waals surface area contributed by atoms with Crippen LogP contribution in [0.1, 0.15) is 47.1 Å². The predicted octanol–water partition coefficient (Wildman–Crippen LogP) is 6.63. The molecule has 9 heteroatoms. The Balaban J connectivity index is 1.28. The van der Waals surface area contributed by atoms with Crippen LogP contribution in [0.15, 0.2) is 84.9 Å². The number of amides is 1. The van der Waals surface area contributed by atoms with Crippen molar-refractivity contribution in [1.82, 2.24) is 4.90 Å². The van der Waals surface area contributed by atoms with E-state index in [0.29, 0.717) is 32.1 Å². The molecular formula is C36H49NO5SSi2. The standard InChI is InChI=1S/C36H49NO5SSi2/c1-35(2,3)44(7,8)41-24-23-37-25-32(34(37)39)43-33(38)27-40-29-21-19-28(20-22-29)26-42-45(36(4,5)6,30-15-11-9-12-16-30)31-17-13-10-14-18-31/h9-22,32H,23-27H2,1-8H3/t32-/m0/s1. The van der Waals surface area contributed by atoms with Crippen LogP contribution in [0.25, 0.3) is 0 Å². The zero-order chi connectivity index (χ0) is 32.9. The molecule has 1 atom stereocenters. The first-order valence-corrected chi connectivity index (χ1v) is 21.4. The fourth-order valence-electron chi connectivity index (χ4n) is 5.35.